The van der Waals surface area contributed by atoms with Crippen LogP contribution in [0.25, 0.3) is 11.1 Å². The zero-order valence-corrected chi connectivity index (χ0v) is 23.7. The molecular weight excluding hydrogens is 494 g/mol. The fraction of sp³-hybridized carbons (Fsp3) is 0.548. The van der Waals surface area contributed by atoms with Gasteiger partial charge in [-0.1, -0.05) is 39.0 Å². The van der Waals surface area contributed by atoms with Crippen LogP contribution in [-0.2, 0) is 15.9 Å². The number of amides is 3. The number of fused-ring (bicyclic) bond motifs is 1. The summed E-state index contributed by atoms with van der Waals surface area (Å²) >= 11 is 0. The Labute approximate surface area is 231 Å². The van der Waals surface area contributed by atoms with Crippen LogP contribution in [0.4, 0.5) is 15.3 Å². The number of urea groups is 1. The Balaban J connectivity index is 1.19. The zero-order chi connectivity index (χ0) is 27.6. The predicted molar refractivity (Wildman–Crippen MR) is 151 cm³/mol. The summed E-state index contributed by atoms with van der Waals surface area (Å²) in [5, 5.41) is 0. The van der Waals surface area contributed by atoms with Crippen LogP contribution in [0.3, 0.4) is 0 Å². The summed E-state index contributed by atoms with van der Waals surface area (Å²) < 4.78 is 17.5. The second-order valence-electron chi connectivity index (χ2n) is 12.2. The second-order valence-corrected chi connectivity index (χ2v) is 12.2. The van der Waals surface area contributed by atoms with Gasteiger partial charge in [0.25, 0.3) is 0 Å². The normalized spacial score (nSPS) is 18.8. The molecule has 8 nitrogen and oxygen atoms in total. The average Bonchev–Trinajstić information content (AvgIpc) is 2.95. The molecule has 3 aliphatic heterocycles. The monoisotopic (exact) mass is 535 g/mol. The number of piperidine rings is 1. The number of hydrogen-bond acceptors (Lipinski definition) is 5. The third-order valence-electron chi connectivity index (χ3n) is 7.95. The molecule has 3 amide bonds. The van der Waals surface area contributed by atoms with Crippen LogP contribution < -0.4 is 9.64 Å². The molecule has 0 aliphatic carbocycles. The van der Waals surface area contributed by atoms with Gasteiger partial charge in [0.2, 0.25) is 0 Å². The van der Waals surface area contributed by atoms with Crippen LogP contribution in [0, 0.1) is 5.41 Å². The zero-order valence-electron chi connectivity index (χ0n) is 23.7. The molecule has 8 heteroatoms. The summed E-state index contributed by atoms with van der Waals surface area (Å²) in [7, 11) is 1.82. The molecule has 2 fully saturated rings. The maximum Gasteiger partial charge on any atom is 0.409 e. The van der Waals surface area contributed by atoms with Gasteiger partial charge in [0.15, 0.2) is 0 Å². The third kappa shape index (κ3) is 6.32. The Bertz CT molecular complexity index is 1180. The molecule has 0 unspecified atom stereocenters. The largest absolute Gasteiger partial charge is 0.487 e. The highest BCUT2D eigenvalue weighted by Gasteiger charge is 2.41. The summed E-state index contributed by atoms with van der Waals surface area (Å²) in [5.74, 6) is 0.946. The molecule has 210 valence electrons. The molecule has 1 spiro atoms. The molecule has 0 saturated carbocycles. The lowest BCUT2D eigenvalue weighted by atomic mass is 9.82. The number of aryl methyl sites for hydroxylation is 1. The molecule has 0 bridgehead atoms. The Hall–Kier alpha value is -3.26. The number of carbonyl (C=O) groups excluding carboxylic acids is 2. The first-order valence-corrected chi connectivity index (χ1v) is 14.1. The highest BCUT2D eigenvalue weighted by atomic mass is 16.6. The number of hydrogen-bond donors (Lipinski definition) is 0. The first-order chi connectivity index (χ1) is 18.6. The number of benzene rings is 2. The SMILES string of the molecule is CN(C(=O)N1CCOCC1)c1ccc(-c2ccc3c(c2)CCC2(CCN(C(=O)OCC(C)(C)C)CC2)O3)cc1. The van der Waals surface area contributed by atoms with Gasteiger partial charge in [0.1, 0.15) is 11.4 Å². The van der Waals surface area contributed by atoms with Crippen LogP contribution in [0.1, 0.15) is 45.6 Å². The summed E-state index contributed by atoms with van der Waals surface area (Å²) in [6.07, 6.45) is 3.31. The van der Waals surface area contributed by atoms with E-state index in [0.29, 0.717) is 46.0 Å². The Morgan fingerprint density at radius 1 is 0.923 bits per heavy atom. The highest BCUT2D eigenvalue weighted by molar-refractivity contribution is 5.91. The molecule has 5 rings (SSSR count). The van der Waals surface area contributed by atoms with Crippen molar-refractivity contribution in [2.24, 2.45) is 5.41 Å². The highest BCUT2D eigenvalue weighted by Crippen LogP contribution is 2.41. The van der Waals surface area contributed by atoms with E-state index in [2.05, 4.69) is 51.1 Å². The van der Waals surface area contributed by atoms with Crippen molar-refractivity contribution in [2.75, 3.05) is 57.9 Å². The van der Waals surface area contributed by atoms with Gasteiger partial charge in [-0.25, -0.2) is 9.59 Å². The van der Waals surface area contributed by atoms with Gasteiger partial charge in [0.05, 0.1) is 19.8 Å². The van der Waals surface area contributed by atoms with E-state index in [1.165, 1.54) is 5.56 Å². The molecule has 0 aromatic heterocycles. The Morgan fingerprint density at radius 3 is 2.26 bits per heavy atom. The Kier molecular flexibility index (Phi) is 7.76. The van der Waals surface area contributed by atoms with Crippen molar-refractivity contribution in [1.82, 2.24) is 9.80 Å². The third-order valence-corrected chi connectivity index (χ3v) is 7.95. The van der Waals surface area contributed by atoms with Gasteiger partial charge in [-0.2, -0.15) is 0 Å². The molecule has 3 aliphatic rings. The minimum atomic E-state index is -0.219. The number of anilines is 1. The van der Waals surface area contributed by atoms with Crippen LogP contribution >= 0.6 is 0 Å². The van der Waals surface area contributed by atoms with E-state index in [1.807, 2.05) is 29.0 Å². The molecule has 0 N–H and O–H groups in total. The summed E-state index contributed by atoms with van der Waals surface area (Å²) in [5.41, 5.74) is 4.08. The van der Waals surface area contributed by atoms with Crippen molar-refractivity contribution in [2.45, 2.75) is 52.1 Å². The maximum atomic E-state index is 12.8. The second kappa shape index (κ2) is 11.1. The fourth-order valence-corrected chi connectivity index (χ4v) is 5.47. The van der Waals surface area contributed by atoms with Crippen LogP contribution in [0.2, 0.25) is 0 Å². The first kappa shape index (κ1) is 27.3. The van der Waals surface area contributed by atoms with Gasteiger partial charge in [0, 0.05) is 51.8 Å². The van der Waals surface area contributed by atoms with E-state index >= 15 is 0 Å². The molecule has 39 heavy (non-hydrogen) atoms. The van der Waals surface area contributed by atoms with Crippen LogP contribution in [-0.4, -0.2) is 80.6 Å². The lowest BCUT2D eigenvalue weighted by Crippen LogP contribution is -2.51. The first-order valence-electron chi connectivity index (χ1n) is 14.1. The molecule has 0 atom stereocenters. The van der Waals surface area contributed by atoms with Gasteiger partial charge in [-0.3, -0.25) is 4.90 Å². The van der Waals surface area contributed by atoms with Crippen molar-refractivity contribution in [3.8, 4) is 16.9 Å². The van der Waals surface area contributed by atoms with Crippen molar-refractivity contribution >= 4 is 17.8 Å². The van der Waals surface area contributed by atoms with Crippen LogP contribution in [0.5, 0.6) is 5.75 Å². The van der Waals surface area contributed by atoms with E-state index in [0.717, 1.165) is 48.2 Å². The number of carbonyl (C=O) groups is 2. The molecule has 2 aromatic rings. The van der Waals surface area contributed by atoms with Crippen LogP contribution in [0.15, 0.2) is 42.5 Å². The standard InChI is InChI=1S/C31H41N3O5/c1-30(2,3)22-38-29(36)34-15-13-31(14-16-34)12-11-25-21-24(7-10-27(25)39-31)23-5-8-26(9-6-23)32(4)28(35)33-17-19-37-20-18-33/h5-10,21H,11-20,22H2,1-4H3. The van der Waals surface area contributed by atoms with E-state index < -0.39 is 0 Å². The van der Waals surface area contributed by atoms with Gasteiger partial charge < -0.3 is 24.0 Å². The van der Waals surface area contributed by atoms with E-state index in [-0.39, 0.29) is 23.1 Å². The molecule has 3 heterocycles. The van der Waals surface area contributed by atoms with Crippen molar-refractivity contribution in [3.05, 3.63) is 48.0 Å². The minimum absolute atomic E-state index is 0.00135. The smallest absolute Gasteiger partial charge is 0.409 e. The van der Waals surface area contributed by atoms with E-state index in [9.17, 15) is 9.59 Å². The summed E-state index contributed by atoms with van der Waals surface area (Å²) in [4.78, 5) is 30.6. The lowest BCUT2D eigenvalue weighted by molar-refractivity contribution is -0.0171. The van der Waals surface area contributed by atoms with Gasteiger partial charge in [-0.15, -0.1) is 0 Å². The molecular formula is C31H41N3O5. The van der Waals surface area contributed by atoms with Gasteiger partial charge >= 0.3 is 12.1 Å². The number of nitrogens with zero attached hydrogens (tertiary/aromatic N) is 3. The molecule has 2 saturated heterocycles. The average molecular weight is 536 g/mol. The summed E-state index contributed by atoms with van der Waals surface area (Å²) in [6, 6.07) is 14.5. The maximum absolute atomic E-state index is 12.8. The van der Waals surface area contributed by atoms with Crippen molar-refractivity contribution in [1.29, 1.82) is 0 Å². The lowest BCUT2D eigenvalue weighted by Gasteiger charge is -2.44. The Morgan fingerprint density at radius 2 is 1.59 bits per heavy atom. The fourth-order valence-electron chi connectivity index (χ4n) is 5.47. The molecule has 0 radical (unpaired) electrons. The summed E-state index contributed by atoms with van der Waals surface area (Å²) in [6.45, 7) is 10.4. The topological polar surface area (TPSA) is 71.6 Å². The molecule has 2 aromatic carbocycles. The number of morpholine rings is 1. The quantitative estimate of drug-likeness (QED) is 0.513. The number of ether oxygens (including phenoxy) is 3. The number of rotatable bonds is 3. The van der Waals surface area contributed by atoms with E-state index in [1.54, 1.807) is 4.90 Å². The van der Waals surface area contributed by atoms with Gasteiger partial charge in [-0.05, 0) is 59.2 Å². The predicted octanol–water partition coefficient (Wildman–Crippen LogP) is 5.58. The van der Waals surface area contributed by atoms with Crippen molar-refractivity contribution < 1.29 is 23.8 Å². The van der Waals surface area contributed by atoms with Crippen molar-refractivity contribution in [3.63, 3.8) is 0 Å². The van der Waals surface area contributed by atoms with E-state index in [4.69, 9.17) is 14.2 Å². The minimum Gasteiger partial charge on any atom is -0.487 e. The number of likely N-dealkylation sites (tertiary alicyclic amines) is 1.